The van der Waals surface area contributed by atoms with Gasteiger partial charge in [-0.2, -0.15) is 10.2 Å². The lowest BCUT2D eigenvalue weighted by Gasteiger charge is -2.01. The standard InChI is InChI=1S/C8H9N5O3/c9-2-4-11-8(15)7(14)10-3-1-6-12-5-16-13-6/h5H,1,3-4H2,(H,10,14)(H,11,15). The zero-order valence-corrected chi connectivity index (χ0v) is 8.27. The van der Waals surface area contributed by atoms with E-state index in [9.17, 15) is 9.59 Å². The quantitative estimate of drug-likeness (QED) is 0.466. The van der Waals surface area contributed by atoms with Gasteiger partial charge in [-0.05, 0) is 0 Å². The number of hydrogen-bond acceptors (Lipinski definition) is 6. The fourth-order valence-corrected chi connectivity index (χ4v) is 0.871. The molecule has 0 unspecified atom stereocenters. The van der Waals surface area contributed by atoms with Crippen molar-refractivity contribution in [1.82, 2.24) is 20.8 Å². The Balaban J connectivity index is 2.20. The van der Waals surface area contributed by atoms with E-state index >= 15 is 0 Å². The number of aromatic nitrogens is 2. The fraction of sp³-hybridized carbons (Fsp3) is 0.375. The van der Waals surface area contributed by atoms with Crippen molar-refractivity contribution >= 4 is 11.8 Å². The van der Waals surface area contributed by atoms with Gasteiger partial charge in [0.1, 0.15) is 6.54 Å². The van der Waals surface area contributed by atoms with Gasteiger partial charge in [0.2, 0.25) is 6.39 Å². The van der Waals surface area contributed by atoms with Crippen molar-refractivity contribution in [3.8, 4) is 6.07 Å². The van der Waals surface area contributed by atoms with Crippen molar-refractivity contribution in [3.05, 3.63) is 12.2 Å². The van der Waals surface area contributed by atoms with Crippen LogP contribution in [0, 0.1) is 11.3 Å². The van der Waals surface area contributed by atoms with Gasteiger partial charge >= 0.3 is 11.8 Å². The van der Waals surface area contributed by atoms with Crippen LogP contribution in [0.1, 0.15) is 5.82 Å². The van der Waals surface area contributed by atoms with E-state index in [0.29, 0.717) is 12.2 Å². The first-order valence-electron chi connectivity index (χ1n) is 4.42. The summed E-state index contributed by atoms with van der Waals surface area (Å²) in [7, 11) is 0. The SMILES string of the molecule is N#CCNC(=O)C(=O)NCCc1ncon1. The summed E-state index contributed by atoms with van der Waals surface area (Å²) in [5.74, 6) is -1.19. The van der Waals surface area contributed by atoms with E-state index in [2.05, 4.69) is 25.3 Å². The van der Waals surface area contributed by atoms with E-state index in [1.54, 1.807) is 6.07 Å². The van der Waals surface area contributed by atoms with Gasteiger partial charge in [0.25, 0.3) is 0 Å². The fourth-order valence-electron chi connectivity index (χ4n) is 0.871. The van der Waals surface area contributed by atoms with Gasteiger partial charge in [0, 0.05) is 13.0 Å². The number of amides is 2. The molecule has 1 aromatic rings. The Morgan fingerprint density at radius 2 is 2.19 bits per heavy atom. The summed E-state index contributed by atoms with van der Waals surface area (Å²) in [6, 6.07) is 1.69. The highest BCUT2D eigenvalue weighted by Crippen LogP contribution is 1.87. The Morgan fingerprint density at radius 1 is 1.44 bits per heavy atom. The van der Waals surface area contributed by atoms with Gasteiger partial charge in [0.15, 0.2) is 5.82 Å². The van der Waals surface area contributed by atoms with E-state index in [1.807, 2.05) is 0 Å². The van der Waals surface area contributed by atoms with Crippen LogP contribution < -0.4 is 10.6 Å². The average Bonchev–Trinajstić information content (AvgIpc) is 2.78. The molecule has 0 fully saturated rings. The highest BCUT2D eigenvalue weighted by molar-refractivity contribution is 6.35. The first-order valence-corrected chi connectivity index (χ1v) is 4.42. The van der Waals surface area contributed by atoms with E-state index in [1.165, 1.54) is 6.39 Å². The Kier molecular flexibility index (Phi) is 4.46. The van der Waals surface area contributed by atoms with Crippen LogP contribution in [-0.4, -0.2) is 35.0 Å². The number of hydrogen-bond donors (Lipinski definition) is 2. The van der Waals surface area contributed by atoms with E-state index in [4.69, 9.17) is 5.26 Å². The third-order valence-corrected chi connectivity index (χ3v) is 1.58. The Labute approximate surface area is 90.6 Å². The summed E-state index contributed by atoms with van der Waals surface area (Å²) in [6.45, 7) is 0.0232. The first kappa shape index (κ1) is 11.6. The van der Waals surface area contributed by atoms with Gasteiger partial charge in [-0.25, -0.2) is 0 Å². The van der Waals surface area contributed by atoms with Crippen LogP contribution in [0.25, 0.3) is 0 Å². The molecule has 0 aliphatic rings. The number of nitrogens with zero attached hydrogens (tertiary/aromatic N) is 3. The molecule has 2 N–H and O–H groups in total. The normalized spacial score (nSPS) is 9.19. The van der Waals surface area contributed by atoms with Crippen LogP contribution in [-0.2, 0) is 16.0 Å². The number of nitriles is 1. The molecule has 1 heterocycles. The first-order chi connectivity index (χ1) is 7.74. The molecule has 1 aromatic heterocycles. The maximum absolute atomic E-state index is 11.1. The minimum Gasteiger partial charge on any atom is -0.347 e. The Bertz CT molecular complexity index is 394. The Morgan fingerprint density at radius 3 is 2.81 bits per heavy atom. The van der Waals surface area contributed by atoms with Crippen molar-refractivity contribution in [2.24, 2.45) is 0 Å². The predicted octanol–water partition coefficient (Wildman–Crippen LogP) is -1.63. The van der Waals surface area contributed by atoms with E-state index in [0.717, 1.165) is 0 Å². The van der Waals surface area contributed by atoms with Crippen molar-refractivity contribution in [2.45, 2.75) is 6.42 Å². The lowest BCUT2D eigenvalue weighted by molar-refractivity contribution is -0.139. The van der Waals surface area contributed by atoms with E-state index < -0.39 is 11.8 Å². The molecule has 8 nitrogen and oxygen atoms in total. The maximum atomic E-state index is 11.1. The molecule has 0 aromatic carbocycles. The molecular formula is C8H9N5O3. The van der Waals surface area contributed by atoms with Crippen LogP contribution >= 0.6 is 0 Å². The summed E-state index contributed by atoms with van der Waals surface area (Å²) in [5.41, 5.74) is 0. The molecule has 16 heavy (non-hydrogen) atoms. The van der Waals surface area contributed by atoms with Crippen molar-refractivity contribution in [2.75, 3.05) is 13.1 Å². The van der Waals surface area contributed by atoms with Gasteiger partial charge in [-0.3, -0.25) is 9.59 Å². The monoisotopic (exact) mass is 223 g/mol. The lowest BCUT2D eigenvalue weighted by atomic mass is 10.4. The van der Waals surface area contributed by atoms with Crippen LogP contribution in [0.2, 0.25) is 0 Å². The molecule has 0 saturated heterocycles. The molecule has 0 aliphatic heterocycles. The molecule has 84 valence electrons. The highest BCUT2D eigenvalue weighted by atomic mass is 16.5. The number of carbonyl (C=O) groups is 2. The third kappa shape index (κ3) is 3.75. The summed E-state index contributed by atoms with van der Waals surface area (Å²) >= 11 is 0. The molecule has 0 radical (unpaired) electrons. The molecule has 1 rings (SSSR count). The number of rotatable bonds is 4. The van der Waals surface area contributed by atoms with Gasteiger partial charge in [-0.1, -0.05) is 5.16 Å². The summed E-state index contributed by atoms with van der Waals surface area (Å²) < 4.78 is 4.48. The van der Waals surface area contributed by atoms with Crippen molar-refractivity contribution in [1.29, 1.82) is 5.26 Å². The molecule has 0 spiro atoms. The minimum atomic E-state index is -0.838. The summed E-state index contributed by atoms with van der Waals surface area (Å²) in [4.78, 5) is 25.8. The van der Waals surface area contributed by atoms with Gasteiger partial charge < -0.3 is 15.2 Å². The zero-order valence-electron chi connectivity index (χ0n) is 8.27. The van der Waals surface area contributed by atoms with Gasteiger partial charge in [-0.15, -0.1) is 0 Å². The smallest absolute Gasteiger partial charge is 0.310 e. The molecular weight excluding hydrogens is 214 g/mol. The second-order valence-corrected chi connectivity index (χ2v) is 2.69. The number of carbonyl (C=O) groups excluding carboxylic acids is 2. The molecule has 2 amide bonds. The third-order valence-electron chi connectivity index (χ3n) is 1.58. The van der Waals surface area contributed by atoms with Crippen LogP contribution in [0.5, 0.6) is 0 Å². The largest absolute Gasteiger partial charge is 0.347 e. The van der Waals surface area contributed by atoms with Crippen LogP contribution in [0.4, 0.5) is 0 Å². The Hall–Kier alpha value is -2.43. The number of nitrogens with one attached hydrogen (secondary N) is 2. The second kappa shape index (κ2) is 6.13. The summed E-state index contributed by atoms with van der Waals surface area (Å²) in [5, 5.41) is 16.2. The molecule has 0 aliphatic carbocycles. The van der Waals surface area contributed by atoms with E-state index in [-0.39, 0.29) is 13.1 Å². The van der Waals surface area contributed by atoms with Crippen molar-refractivity contribution < 1.29 is 14.1 Å². The predicted molar refractivity (Wildman–Crippen MR) is 49.6 cm³/mol. The zero-order chi connectivity index (χ0) is 11.8. The van der Waals surface area contributed by atoms with Gasteiger partial charge in [0.05, 0.1) is 6.07 Å². The highest BCUT2D eigenvalue weighted by Gasteiger charge is 2.11. The van der Waals surface area contributed by atoms with Crippen LogP contribution in [0.15, 0.2) is 10.9 Å². The molecule has 0 bridgehead atoms. The molecule has 0 saturated carbocycles. The average molecular weight is 223 g/mol. The molecule has 8 heteroatoms. The molecule has 0 atom stereocenters. The second-order valence-electron chi connectivity index (χ2n) is 2.69. The lowest BCUT2D eigenvalue weighted by Crippen LogP contribution is -2.40. The van der Waals surface area contributed by atoms with Crippen molar-refractivity contribution in [3.63, 3.8) is 0 Å². The minimum absolute atomic E-state index is 0.197. The maximum Gasteiger partial charge on any atom is 0.310 e. The van der Waals surface area contributed by atoms with Crippen LogP contribution in [0.3, 0.4) is 0 Å². The topological polar surface area (TPSA) is 121 Å². The summed E-state index contributed by atoms with van der Waals surface area (Å²) in [6.07, 6.45) is 1.55.